The van der Waals surface area contributed by atoms with Crippen LogP contribution in [0.1, 0.15) is 41.0 Å². The number of nitrogens with one attached hydrogen (secondary N) is 1. The first kappa shape index (κ1) is 19.2. The van der Waals surface area contributed by atoms with E-state index in [0.717, 1.165) is 37.4 Å². The van der Waals surface area contributed by atoms with Crippen LogP contribution in [0.25, 0.3) is 5.65 Å². The summed E-state index contributed by atoms with van der Waals surface area (Å²) < 4.78 is 24.4. The van der Waals surface area contributed by atoms with Crippen molar-refractivity contribution in [3.8, 4) is 17.2 Å². The molecule has 0 aromatic carbocycles. The van der Waals surface area contributed by atoms with Crippen LogP contribution in [0.5, 0.6) is 17.2 Å². The lowest BCUT2D eigenvalue weighted by Gasteiger charge is -2.19. The maximum atomic E-state index is 13.0. The molecule has 3 aromatic rings. The van der Waals surface area contributed by atoms with Crippen LogP contribution >= 0.6 is 11.3 Å². The smallest absolute Gasteiger partial charge is 0.269 e. The van der Waals surface area contributed by atoms with Gasteiger partial charge in [-0.15, -0.1) is 11.3 Å². The molecule has 5 heterocycles. The molecule has 30 heavy (non-hydrogen) atoms. The Morgan fingerprint density at radius 2 is 2.10 bits per heavy atom. The number of hydrogen-bond donors (Lipinski definition) is 1. The van der Waals surface area contributed by atoms with E-state index in [1.165, 1.54) is 11.3 Å². The van der Waals surface area contributed by atoms with Crippen LogP contribution in [0.2, 0.25) is 0 Å². The maximum absolute atomic E-state index is 13.0. The van der Waals surface area contributed by atoms with E-state index in [1.54, 1.807) is 5.38 Å². The van der Waals surface area contributed by atoms with Gasteiger partial charge in [-0.25, -0.2) is 4.98 Å². The third-order valence-corrected chi connectivity index (χ3v) is 6.21. The van der Waals surface area contributed by atoms with Gasteiger partial charge in [-0.2, -0.15) is 0 Å². The first-order valence-electron chi connectivity index (χ1n) is 10.1. The van der Waals surface area contributed by atoms with Gasteiger partial charge < -0.3 is 28.7 Å². The van der Waals surface area contributed by atoms with Crippen molar-refractivity contribution >= 4 is 28.6 Å². The number of fused-ring (bicyclic) bond motifs is 2. The highest BCUT2D eigenvalue weighted by molar-refractivity contribution is 7.13. The molecule has 0 bridgehead atoms. The van der Waals surface area contributed by atoms with Crippen molar-refractivity contribution in [2.75, 3.05) is 38.4 Å². The Labute approximate surface area is 177 Å². The molecular weight excluding hydrogens is 406 g/mol. The van der Waals surface area contributed by atoms with Crippen LogP contribution in [-0.2, 0) is 4.74 Å². The summed E-state index contributed by atoms with van der Waals surface area (Å²) in [6.07, 6.45) is 5.82. The van der Waals surface area contributed by atoms with E-state index in [2.05, 4.69) is 5.32 Å². The molecule has 3 aromatic heterocycles. The van der Waals surface area contributed by atoms with E-state index in [9.17, 15) is 4.79 Å². The Morgan fingerprint density at radius 3 is 2.93 bits per heavy atom. The molecule has 2 aliphatic rings. The average Bonchev–Trinajstić information content (AvgIpc) is 3.39. The van der Waals surface area contributed by atoms with Crippen LogP contribution < -0.4 is 19.5 Å². The highest BCUT2D eigenvalue weighted by Crippen LogP contribution is 2.40. The predicted octanol–water partition coefficient (Wildman–Crippen LogP) is 3.71. The molecule has 1 fully saturated rings. The molecule has 5 rings (SSSR count). The highest BCUT2D eigenvalue weighted by atomic mass is 32.1. The second-order valence-corrected chi connectivity index (χ2v) is 8.09. The fourth-order valence-electron chi connectivity index (χ4n) is 3.79. The van der Waals surface area contributed by atoms with Crippen LogP contribution in [0.3, 0.4) is 0 Å². The number of rotatable bonds is 5. The van der Waals surface area contributed by atoms with Gasteiger partial charge in [0.15, 0.2) is 11.5 Å². The zero-order chi connectivity index (χ0) is 20.5. The number of amides is 1. The van der Waals surface area contributed by atoms with Crippen molar-refractivity contribution in [1.82, 2.24) is 9.38 Å². The van der Waals surface area contributed by atoms with E-state index in [1.807, 2.05) is 29.8 Å². The van der Waals surface area contributed by atoms with Gasteiger partial charge in [0, 0.05) is 43.0 Å². The SMILES string of the molecule is CCOc1cc2nc(C3CCOCC3)cn2cc1NC(=O)c1scc2c1OCCO2. The summed E-state index contributed by atoms with van der Waals surface area (Å²) in [4.78, 5) is 18.2. The number of carbonyl (C=O) groups excluding carboxylic acids is 1. The first-order chi connectivity index (χ1) is 14.7. The Bertz CT molecular complexity index is 1070. The fourth-order valence-corrected chi connectivity index (χ4v) is 4.62. The predicted molar refractivity (Wildman–Crippen MR) is 112 cm³/mol. The quantitative estimate of drug-likeness (QED) is 0.666. The van der Waals surface area contributed by atoms with Crippen molar-refractivity contribution in [3.63, 3.8) is 0 Å². The molecule has 0 atom stereocenters. The fraction of sp³-hybridized carbons (Fsp3) is 0.429. The minimum Gasteiger partial charge on any atom is -0.491 e. The van der Waals surface area contributed by atoms with Gasteiger partial charge in [0.25, 0.3) is 5.91 Å². The molecule has 1 N–H and O–H groups in total. The Balaban J connectivity index is 1.45. The van der Waals surface area contributed by atoms with Gasteiger partial charge in [0.1, 0.15) is 35.2 Å². The number of ether oxygens (including phenoxy) is 4. The normalized spacial score (nSPS) is 16.6. The van der Waals surface area contributed by atoms with Gasteiger partial charge in [-0.3, -0.25) is 4.79 Å². The van der Waals surface area contributed by atoms with Gasteiger partial charge in [0.2, 0.25) is 0 Å². The molecule has 0 aliphatic carbocycles. The Kier molecular flexibility index (Phi) is 5.22. The lowest BCUT2D eigenvalue weighted by Crippen LogP contribution is -2.18. The van der Waals surface area contributed by atoms with E-state index < -0.39 is 0 Å². The highest BCUT2D eigenvalue weighted by Gasteiger charge is 2.25. The number of anilines is 1. The molecule has 1 amide bonds. The number of thiophene rings is 1. The molecule has 8 nitrogen and oxygen atoms in total. The molecule has 9 heteroatoms. The summed E-state index contributed by atoms with van der Waals surface area (Å²) in [5.41, 5.74) is 2.43. The number of aromatic nitrogens is 2. The zero-order valence-electron chi connectivity index (χ0n) is 16.7. The van der Waals surface area contributed by atoms with E-state index in [-0.39, 0.29) is 5.91 Å². The third-order valence-electron chi connectivity index (χ3n) is 5.27. The van der Waals surface area contributed by atoms with Crippen molar-refractivity contribution in [2.24, 2.45) is 0 Å². The molecule has 0 spiro atoms. The van der Waals surface area contributed by atoms with Crippen molar-refractivity contribution < 1.29 is 23.7 Å². The standard InChI is InChI=1S/C21H23N3O5S/c1-2-27-16-9-18-22-14(13-3-5-26-6-4-13)10-24(18)11-15(16)23-21(25)20-19-17(12-30-20)28-7-8-29-19/h9-13H,2-8H2,1H3,(H,23,25). The van der Waals surface area contributed by atoms with Crippen LogP contribution in [0.4, 0.5) is 5.69 Å². The van der Waals surface area contributed by atoms with Gasteiger partial charge in [-0.1, -0.05) is 0 Å². The second kappa shape index (κ2) is 8.16. The van der Waals surface area contributed by atoms with Crippen LogP contribution in [-0.4, -0.2) is 48.3 Å². The number of hydrogen-bond acceptors (Lipinski definition) is 7. The van der Waals surface area contributed by atoms with Crippen LogP contribution in [0, 0.1) is 0 Å². The minimum atomic E-state index is -0.253. The topological polar surface area (TPSA) is 83.3 Å². The van der Waals surface area contributed by atoms with Gasteiger partial charge in [0.05, 0.1) is 12.3 Å². The van der Waals surface area contributed by atoms with E-state index >= 15 is 0 Å². The summed E-state index contributed by atoms with van der Waals surface area (Å²) in [7, 11) is 0. The minimum absolute atomic E-state index is 0.253. The molecule has 0 saturated carbocycles. The number of pyridine rings is 1. The molecule has 0 unspecified atom stereocenters. The van der Waals surface area contributed by atoms with Crippen molar-refractivity contribution in [2.45, 2.75) is 25.7 Å². The summed E-state index contributed by atoms with van der Waals surface area (Å²) in [6.45, 7) is 4.85. The molecule has 158 valence electrons. The lowest BCUT2D eigenvalue weighted by molar-refractivity contribution is 0.0846. The maximum Gasteiger partial charge on any atom is 0.269 e. The summed E-state index contributed by atoms with van der Waals surface area (Å²) in [5.74, 6) is 1.85. The van der Waals surface area contributed by atoms with Crippen molar-refractivity contribution in [1.29, 1.82) is 0 Å². The molecule has 0 radical (unpaired) electrons. The van der Waals surface area contributed by atoms with Gasteiger partial charge >= 0.3 is 0 Å². The monoisotopic (exact) mass is 429 g/mol. The number of imidazole rings is 1. The zero-order valence-corrected chi connectivity index (χ0v) is 17.5. The van der Waals surface area contributed by atoms with Crippen LogP contribution in [0.15, 0.2) is 23.8 Å². The van der Waals surface area contributed by atoms with E-state index in [0.29, 0.717) is 53.6 Å². The summed E-state index contributed by atoms with van der Waals surface area (Å²) in [5, 5.41) is 4.77. The Morgan fingerprint density at radius 1 is 1.27 bits per heavy atom. The number of carbonyl (C=O) groups is 1. The second-order valence-electron chi connectivity index (χ2n) is 7.21. The molecule has 1 saturated heterocycles. The lowest BCUT2D eigenvalue weighted by atomic mass is 9.97. The largest absolute Gasteiger partial charge is 0.491 e. The average molecular weight is 429 g/mol. The summed E-state index contributed by atoms with van der Waals surface area (Å²) >= 11 is 1.30. The van der Waals surface area contributed by atoms with E-state index in [4.69, 9.17) is 23.9 Å². The Hall–Kier alpha value is -2.78. The first-order valence-corrected chi connectivity index (χ1v) is 11.0. The van der Waals surface area contributed by atoms with Crippen molar-refractivity contribution in [3.05, 3.63) is 34.4 Å². The molecule has 2 aliphatic heterocycles. The van der Waals surface area contributed by atoms with Gasteiger partial charge in [-0.05, 0) is 19.8 Å². The molecular formula is C21H23N3O5S. The summed E-state index contributed by atoms with van der Waals surface area (Å²) in [6, 6.07) is 1.87. The number of nitrogens with zero attached hydrogens (tertiary/aromatic N) is 2. The third kappa shape index (κ3) is 3.59.